The van der Waals surface area contributed by atoms with Gasteiger partial charge in [-0.15, -0.1) is 0 Å². The van der Waals surface area contributed by atoms with Crippen LogP contribution in [0.2, 0.25) is 36.3 Å². The predicted octanol–water partition coefficient (Wildman–Crippen LogP) is 10.5. The van der Waals surface area contributed by atoms with E-state index in [0.717, 1.165) is 31.0 Å². The minimum Gasteiger partial charge on any atom is -0.413 e. The van der Waals surface area contributed by atoms with Crippen LogP contribution < -0.4 is 10.6 Å². The first-order valence-electron chi connectivity index (χ1n) is 16.2. The van der Waals surface area contributed by atoms with Crippen LogP contribution in [-0.4, -0.2) is 41.7 Å². The number of alkyl halides is 1. The summed E-state index contributed by atoms with van der Waals surface area (Å²) < 4.78 is 27.9. The molecule has 3 rings (SSSR count). The Morgan fingerprint density at radius 3 is 1.77 bits per heavy atom. The molecule has 0 bridgehead atoms. The van der Waals surface area contributed by atoms with Gasteiger partial charge in [-0.05, 0) is 91.4 Å². The summed E-state index contributed by atoms with van der Waals surface area (Å²) in [5, 5.41) is 2.94. The number of hydrogen-bond acceptors (Lipinski definition) is 2. The van der Waals surface area contributed by atoms with E-state index in [0.29, 0.717) is 6.42 Å². The number of hydrogen-bond donors (Lipinski definition) is 0. The smallest absolute Gasteiger partial charge is 0.192 e. The van der Waals surface area contributed by atoms with E-state index in [1.807, 2.05) is 0 Å². The van der Waals surface area contributed by atoms with E-state index in [1.54, 1.807) is 0 Å². The van der Waals surface area contributed by atoms with Gasteiger partial charge in [0.25, 0.3) is 0 Å². The maximum atomic E-state index is 13.3. The molecule has 43 heavy (non-hydrogen) atoms. The number of benzene rings is 2. The fourth-order valence-corrected chi connectivity index (χ4v) is 10.1. The first-order chi connectivity index (χ1) is 20.0. The van der Waals surface area contributed by atoms with Gasteiger partial charge in [-0.25, -0.2) is 0 Å². The van der Waals surface area contributed by atoms with Crippen molar-refractivity contribution in [1.29, 1.82) is 0 Å². The van der Waals surface area contributed by atoms with Crippen molar-refractivity contribution < 1.29 is 13.2 Å². The maximum absolute atomic E-state index is 13.3. The lowest BCUT2D eigenvalue weighted by Gasteiger charge is -2.49. The molecule has 1 aliphatic carbocycles. The van der Waals surface area contributed by atoms with Crippen LogP contribution in [0.5, 0.6) is 0 Å². The van der Waals surface area contributed by atoms with Gasteiger partial charge in [0.1, 0.15) is 0 Å². The van der Waals surface area contributed by atoms with E-state index in [9.17, 15) is 4.39 Å². The van der Waals surface area contributed by atoms with Crippen molar-refractivity contribution in [2.45, 2.75) is 116 Å². The van der Waals surface area contributed by atoms with Crippen LogP contribution in [0.3, 0.4) is 0 Å². The van der Waals surface area contributed by atoms with Crippen LogP contribution in [0.15, 0.2) is 84.5 Å². The highest BCUT2D eigenvalue weighted by atomic mass is 31.1. The van der Waals surface area contributed by atoms with Crippen molar-refractivity contribution in [1.82, 2.24) is 0 Å². The van der Waals surface area contributed by atoms with Crippen LogP contribution >= 0.6 is 7.92 Å². The fraction of sp³-hybridized carbons (Fsp3) is 0.568. The van der Waals surface area contributed by atoms with E-state index in [-0.39, 0.29) is 34.9 Å². The molecule has 0 amide bonds. The second kappa shape index (κ2) is 14.8. The highest BCUT2D eigenvalue weighted by molar-refractivity contribution is 7.73. The zero-order chi connectivity index (χ0) is 32.1. The lowest BCUT2D eigenvalue weighted by atomic mass is 9.76. The largest absolute Gasteiger partial charge is 0.413 e. The average Bonchev–Trinajstić information content (AvgIpc) is 2.92. The molecule has 3 atom stereocenters. The Morgan fingerprint density at radius 1 is 0.814 bits per heavy atom. The van der Waals surface area contributed by atoms with Crippen LogP contribution in [0.1, 0.15) is 67.2 Å². The first-order valence-corrected chi connectivity index (χ1v) is 23.5. The SMILES string of the molecule is C=C1/C(=C\CP(c2ccccc2)c2ccccc2)C[C@@H](O[Si](C)(C)C(C)(C)C)[C@H](CCCCF)[C@@H]1O[Si](C)(C)C(C)(C)C. The Balaban J connectivity index is 2.08. The molecular weight excluding hydrogens is 583 g/mol. The van der Waals surface area contributed by atoms with Gasteiger partial charge in [0.2, 0.25) is 0 Å². The molecule has 0 aliphatic heterocycles. The molecule has 1 saturated carbocycles. The Labute approximate surface area is 266 Å². The van der Waals surface area contributed by atoms with E-state index in [4.69, 9.17) is 15.4 Å². The van der Waals surface area contributed by atoms with E-state index in [2.05, 4.69) is 134 Å². The summed E-state index contributed by atoms with van der Waals surface area (Å²) in [5.74, 6) is 0.171. The van der Waals surface area contributed by atoms with Gasteiger partial charge < -0.3 is 8.85 Å². The van der Waals surface area contributed by atoms with Gasteiger partial charge in [0, 0.05) is 5.92 Å². The third-order valence-corrected chi connectivity index (χ3v) is 21.5. The van der Waals surface area contributed by atoms with Gasteiger partial charge in [-0.3, -0.25) is 4.39 Å². The Morgan fingerprint density at radius 2 is 1.30 bits per heavy atom. The summed E-state index contributed by atoms with van der Waals surface area (Å²) in [7, 11) is -4.77. The van der Waals surface area contributed by atoms with Crippen LogP contribution in [0, 0.1) is 5.92 Å². The lowest BCUT2D eigenvalue weighted by Crippen LogP contribution is -2.53. The van der Waals surface area contributed by atoms with E-state index >= 15 is 0 Å². The summed E-state index contributed by atoms with van der Waals surface area (Å²) in [6.07, 6.45) is 6.49. The topological polar surface area (TPSA) is 18.5 Å². The number of allylic oxidation sites excluding steroid dienone is 1. The summed E-state index contributed by atoms with van der Waals surface area (Å²) in [4.78, 5) is 0. The first kappa shape index (κ1) is 36.1. The Kier molecular flexibility index (Phi) is 12.4. The van der Waals surface area contributed by atoms with Crippen molar-refractivity contribution in [3.63, 3.8) is 0 Å². The van der Waals surface area contributed by atoms with Crippen molar-refractivity contribution in [2.24, 2.45) is 5.92 Å². The molecule has 0 saturated heterocycles. The average molecular weight is 641 g/mol. The molecule has 0 aromatic heterocycles. The van der Waals surface area contributed by atoms with Gasteiger partial charge >= 0.3 is 0 Å². The molecule has 6 heteroatoms. The third-order valence-electron chi connectivity index (χ3n) is 10.1. The second-order valence-corrected chi connectivity index (χ2v) is 27.1. The summed E-state index contributed by atoms with van der Waals surface area (Å²) in [5.41, 5.74) is 2.40. The standard InChI is InChI=1S/C37H58FO2PSi2/c1-29-30(25-27-41(31-20-14-12-15-21-31)32-22-16-13-17-23-32)28-34(39-42(8,9)36(2,3)4)33(24-18-19-26-38)35(29)40-43(10,11)37(5,6)7/h12-17,20-23,25,33-35H,1,18-19,24,26-28H2,2-11H3/b30-25-/t33-,34+,35+/m0/s1. The third kappa shape index (κ3) is 9.33. The summed E-state index contributed by atoms with van der Waals surface area (Å²) in [6.45, 7) is 27.7. The molecule has 2 aromatic rings. The monoisotopic (exact) mass is 640 g/mol. The van der Waals surface area contributed by atoms with E-state index in [1.165, 1.54) is 16.2 Å². The molecule has 1 fully saturated rings. The highest BCUT2D eigenvalue weighted by Gasteiger charge is 2.48. The minimum atomic E-state index is -2.13. The van der Waals surface area contributed by atoms with Crippen LogP contribution in [0.25, 0.3) is 0 Å². The highest BCUT2D eigenvalue weighted by Crippen LogP contribution is 2.48. The Bertz CT molecular complexity index is 1160. The molecule has 0 N–H and O–H groups in total. The molecule has 238 valence electrons. The number of halogens is 1. The second-order valence-electron chi connectivity index (χ2n) is 15.3. The molecule has 1 aliphatic rings. The molecule has 0 heterocycles. The molecule has 0 radical (unpaired) electrons. The number of rotatable bonds is 12. The normalized spacial score (nSPS) is 21.5. The van der Waals surface area contributed by atoms with Gasteiger partial charge in [0.15, 0.2) is 16.6 Å². The van der Waals surface area contributed by atoms with Crippen molar-refractivity contribution in [3.05, 3.63) is 84.5 Å². The quantitative estimate of drug-likeness (QED) is 0.131. The zero-order valence-electron chi connectivity index (χ0n) is 28.7. The fourth-order valence-electron chi connectivity index (χ4n) is 5.28. The number of unbranched alkanes of at least 4 members (excludes halogenated alkanes) is 1. The summed E-state index contributed by atoms with van der Waals surface area (Å²) >= 11 is 0. The van der Waals surface area contributed by atoms with Gasteiger partial charge in [-0.2, -0.15) is 0 Å². The predicted molar refractivity (Wildman–Crippen MR) is 193 cm³/mol. The molecule has 2 nitrogen and oxygen atoms in total. The Hall–Kier alpha value is -1.37. The van der Waals surface area contributed by atoms with Crippen molar-refractivity contribution >= 4 is 35.2 Å². The van der Waals surface area contributed by atoms with E-state index < -0.39 is 24.6 Å². The van der Waals surface area contributed by atoms with Gasteiger partial charge in [0.05, 0.1) is 18.9 Å². The minimum absolute atomic E-state index is 0.0340. The van der Waals surface area contributed by atoms with Crippen LogP contribution in [0.4, 0.5) is 4.39 Å². The van der Waals surface area contributed by atoms with Crippen molar-refractivity contribution in [2.75, 3.05) is 12.8 Å². The lowest BCUT2D eigenvalue weighted by molar-refractivity contribution is 0.0250. The molecule has 2 aromatic carbocycles. The molecular formula is C37H58FO2PSi2. The zero-order valence-corrected chi connectivity index (χ0v) is 31.6. The maximum Gasteiger partial charge on any atom is 0.192 e. The summed E-state index contributed by atoms with van der Waals surface area (Å²) in [6, 6.07) is 21.8. The van der Waals surface area contributed by atoms with Crippen molar-refractivity contribution in [3.8, 4) is 0 Å². The van der Waals surface area contributed by atoms with Gasteiger partial charge in [-0.1, -0.05) is 121 Å². The molecule has 0 unspecified atom stereocenters. The molecule has 0 spiro atoms. The van der Waals surface area contributed by atoms with Crippen LogP contribution in [-0.2, 0) is 8.85 Å².